The monoisotopic (exact) mass is 445 g/mol. The molecule has 0 bridgehead atoms. The predicted octanol–water partition coefficient (Wildman–Crippen LogP) is 5.51. The van der Waals surface area contributed by atoms with E-state index in [1.165, 1.54) is 23.2 Å². The Hall–Kier alpha value is -2.38. The zero-order chi connectivity index (χ0) is 23.0. The van der Waals surface area contributed by atoms with Crippen molar-refractivity contribution in [2.45, 2.75) is 52.4 Å². The Morgan fingerprint density at radius 2 is 1.61 bits per heavy atom. The van der Waals surface area contributed by atoms with Crippen LogP contribution in [-0.2, 0) is 10.1 Å². The fourth-order valence-corrected chi connectivity index (χ4v) is 3.31. The molecule has 0 saturated carbocycles. The SMILES string of the molecule is CCC(C)c1ccc(N2CCN=C2Nc2cccc(C(C)CC)c2)cc1.CS(=O)(=O)O. The van der Waals surface area contributed by atoms with Crippen molar-refractivity contribution in [1.29, 1.82) is 0 Å². The number of nitrogens with zero attached hydrogens (tertiary/aromatic N) is 2. The van der Waals surface area contributed by atoms with Crippen molar-refractivity contribution in [2.24, 2.45) is 4.99 Å². The lowest BCUT2D eigenvalue weighted by Crippen LogP contribution is -2.33. The molecular formula is C24H35N3O3S. The molecule has 0 spiro atoms. The highest BCUT2D eigenvalue weighted by molar-refractivity contribution is 7.85. The topological polar surface area (TPSA) is 82.0 Å². The first-order valence-corrected chi connectivity index (χ1v) is 12.7. The van der Waals surface area contributed by atoms with E-state index in [9.17, 15) is 8.42 Å². The van der Waals surface area contributed by atoms with Gasteiger partial charge in [-0.2, -0.15) is 8.42 Å². The molecule has 170 valence electrons. The fraction of sp³-hybridized carbons (Fsp3) is 0.458. The maximum Gasteiger partial charge on any atom is 0.261 e. The van der Waals surface area contributed by atoms with Gasteiger partial charge in [0, 0.05) is 17.9 Å². The summed E-state index contributed by atoms with van der Waals surface area (Å²) in [6.07, 6.45) is 3.04. The Labute approximate surface area is 187 Å². The van der Waals surface area contributed by atoms with Gasteiger partial charge in [-0.3, -0.25) is 9.55 Å². The van der Waals surface area contributed by atoms with Gasteiger partial charge in [-0.05, 0) is 60.1 Å². The molecule has 0 aromatic heterocycles. The molecule has 2 atom stereocenters. The third-order valence-electron chi connectivity index (χ3n) is 5.55. The largest absolute Gasteiger partial charge is 0.326 e. The van der Waals surface area contributed by atoms with Gasteiger partial charge in [0.15, 0.2) is 0 Å². The number of anilines is 2. The summed E-state index contributed by atoms with van der Waals surface area (Å²) in [5, 5.41) is 3.53. The van der Waals surface area contributed by atoms with Crippen molar-refractivity contribution in [2.75, 3.05) is 29.6 Å². The number of hydrogen-bond acceptors (Lipinski definition) is 5. The Morgan fingerprint density at radius 1 is 1.03 bits per heavy atom. The average Bonchev–Trinajstić information content (AvgIpc) is 3.19. The van der Waals surface area contributed by atoms with Gasteiger partial charge >= 0.3 is 0 Å². The molecule has 1 aliphatic rings. The molecule has 0 saturated heterocycles. The zero-order valence-corrected chi connectivity index (χ0v) is 20.0. The van der Waals surface area contributed by atoms with Crippen LogP contribution in [0.5, 0.6) is 0 Å². The van der Waals surface area contributed by atoms with Crippen LogP contribution in [0.25, 0.3) is 0 Å². The van der Waals surface area contributed by atoms with Crippen molar-refractivity contribution in [3.8, 4) is 0 Å². The lowest BCUT2D eigenvalue weighted by Gasteiger charge is -2.22. The summed E-state index contributed by atoms with van der Waals surface area (Å²) < 4.78 is 25.9. The highest BCUT2D eigenvalue weighted by Gasteiger charge is 2.19. The van der Waals surface area contributed by atoms with Crippen LogP contribution in [0.3, 0.4) is 0 Å². The van der Waals surface area contributed by atoms with Gasteiger partial charge in [0.2, 0.25) is 5.96 Å². The number of benzene rings is 2. The van der Waals surface area contributed by atoms with Crippen LogP contribution in [0.1, 0.15) is 63.5 Å². The number of rotatable bonds is 6. The lowest BCUT2D eigenvalue weighted by molar-refractivity contribution is 0.490. The molecule has 2 N–H and O–H groups in total. The molecule has 1 heterocycles. The molecule has 0 radical (unpaired) electrons. The van der Waals surface area contributed by atoms with Gasteiger partial charge in [0.1, 0.15) is 0 Å². The van der Waals surface area contributed by atoms with Gasteiger partial charge in [0.05, 0.1) is 12.8 Å². The summed E-state index contributed by atoms with van der Waals surface area (Å²) in [7, 11) is -3.67. The first-order chi connectivity index (χ1) is 14.6. The van der Waals surface area contributed by atoms with E-state index in [1.807, 2.05) is 0 Å². The van der Waals surface area contributed by atoms with Crippen LogP contribution < -0.4 is 10.2 Å². The first kappa shape index (κ1) is 24.9. The smallest absolute Gasteiger partial charge is 0.261 e. The standard InChI is InChI=1S/C23H31N3.CH4O3S/c1-5-17(3)19-10-12-22(13-11-19)26-15-14-24-23(26)25-21-9-7-8-20(16-21)18(4)6-2;1-5(2,3)4/h7-13,16-18H,5-6,14-15H2,1-4H3,(H,24,25);1H3,(H,2,3,4). The van der Waals surface area contributed by atoms with Crippen LogP contribution in [-0.4, -0.2) is 38.3 Å². The molecule has 3 rings (SSSR count). The minimum atomic E-state index is -3.67. The maximum atomic E-state index is 9.19. The third kappa shape index (κ3) is 7.99. The highest BCUT2D eigenvalue weighted by Crippen LogP contribution is 2.25. The van der Waals surface area contributed by atoms with Crippen LogP contribution in [0.4, 0.5) is 11.4 Å². The van der Waals surface area contributed by atoms with Gasteiger partial charge in [0.25, 0.3) is 10.1 Å². The van der Waals surface area contributed by atoms with Gasteiger partial charge in [-0.25, -0.2) is 0 Å². The van der Waals surface area contributed by atoms with Crippen molar-refractivity contribution in [3.63, 3.8) is 0 Å². The highest BCUT2D eigenvalue weighted by atomic mass is 32.2. The van der Waals surface area contributed by atoms with E-state index < -0.39 is 10.1 Å². The van der Waals surface area contributed by atoms with E-state index in [2.05, 4.69) is 91.4 Å². The quantitative estimate of drug-likeness (QED) is 0.573. The summed E-state index contributed by atoms with van der Waals surface area (Å²) >= 11 is 0. The minimum absolute atomic E-state index is 0.575. The van der Waals surface area contributed by atoms with E-state index >= 15 is 0 Å². The second-order valence-electron chi connectivity index (χ2n) is 8.05. The number of guanidine groups is 1. The second-order valence-corrected chi connectivity index (χ2v) is 9.52. The molecule has 6 nitrogen and oxygen atoms in total. The van der Waals surface area contributed by atoms with E-state index in [0.29, 0.717) is 18.1 Å². The van der Waals surface area contributed by atoms with Crippen LogP contribution in [0, 0.1) is 0 Å². The Balaban J connectivity index is 0.000000614. The summed E-state index contributed by atoms with van der Waals surface area (Å²) in [5.41, 5.74) is 5.10. The van der Waals surface area contributed by atoms with E-state index in [1.54, 1.807) is 0 Å². The summed E-state index contributed by atoms with van der Waals surface area (Å²) in [6.45, 7) is 10.8. The van der Waals surface area contributed by atoms with Gasteiger partial charge in [-0.15, -0.1) is 0 Å². The molecule has 7 heteroatoms. The van der Waals surface area contributed by atoms with Crippen LogP contribution in [0.15, 0.2) is 53.5 Å². The Bertz CT molecular complexity index is 964. The van der Waals surface area contributed by atoms with Crippen molar-refractivity contribution >= 4 is 27.5 Å². The summed E-state index contributed by atoms with van der Waals surface area (Å²) in [6, 6.07) is 17.7. The zero-order valence-electron chi connectivity index (χ0n) is 19.2. The predicted molar refractivity (Wildman–Crippen MR) is 131 cm³/mol. The molecule has 1 aliphatic heterocycles. The van der Waals surface area contributed by atoms with Gasteiger partial charge in [-0.1, -0.05) is 52.0 Å². The number of nitrogens with one attached hydrogen (secondary N) is 1. The van der Waals surface area contributed by atoms with Crippen molar-refractivity contribution in [1.82, 2.24) is 0 Å². The van der Waals surface area contributed by atoms with Gasteiger partial charge < -0.3 is 10.2 Å². The summed E-state index contributed by atoms with van der Waals surface area (Å²) in [4.78, 5) is 6.96. The Kier molecular flexibility index (Phi) is 9.07. The second kappa shape index (κ2) is 11.3. The lowest BCUT2D eigenvalue weighted by atomic mass is 9.98. The molecule has 31 heavy (non-hydrogen) atoms. The normalized spacial score (nSPS) is 15.5. The van der Waals surface area contributed by atoms with Crippen LogP contribution in [0.2, 0.25) is 0 Å². The fourth-order valence-electron chi connectivity index (χ4n) is 3.31. The molecule has 0 fully saturated rings. The molecular weight excluding hydrogens is 410 g/mol. The van der Waals surface area contributed by atoms with E-state index in [4.69, 9.17) is 4.55 Å². The molecule has 2 aromatic rings. The maximum absolute atomic E-state index is 9.19. The van der Waals surface area contributed by atoms with Crippen molar-refractivity contribution < 1.29 is 13.0 Å². The number of aliphatic imine (C=N–C) groups is 1. The number of hydrogen-bond donors (Lipinski definition) is 2. The average molecular weight is 446 g/mol. The molecule has 2 unspecified atom stereocenters. The van der Waals surface area contributed by atoms with Crippen molar-refractivity contribution in [3.05, 3.63) is 59.7 Å². The molecule has 2 aromatic carbocycles. The third-order valence-corrected chi connectivity index (χ3v) is 5.55. The first-order valence-electron chi connectivity index (χ1n) is 10.8. The Morgan fingerprint density at radius 3 is 2.19 bits per heavy atom. The summed E-state index contributed by atoms with van der Waals surface area (Å²) in [5.74, 6) is 2.13. The molecule has 0 amide bonds. The minimum Gasteiger partial charge on any atom is -0.326 e. The van der Waals surface area contributed by atoms with E-state index in [-0.39, 0.29) is 0 Å². The molecule has 0 aliphatic carbocycles. The van der Waals surface area contributed by atoms with E-state index in [0.717, 1.165) is 31.2 Å². The van der Waals surface area contributed by atoms with Crippen LogP contribution >= 0.6 is 0 Å².